The van der Waals surface area contributed by atoms with Gasteiger partial charge in [-0.05, 0) is 0 Å². The van der Waals surface area contributed by atoms with Crippen LogP contribution in [0.1, 0.15) is 20.9 Å². The van der Waals surface area contributed by atoms with E-state index in [1.807, 2.05) is 6.07 Å². The van der Waals surface area contributed by atoms with E-state index in [4.69, 9.17) is 0 Å². The summed E-state index contributed by atoms with van der Waals surface area (Å²) < 4.78 is 2.75. The Bertz CT molecular complexity index is 468. The number of Topliss-reactive ketones (excluding diaryl/α,β-unsaturated/α-hetero) is 1. The first kappa shape index (κ1) is 8.99. The molecule has 0 aliphatic carbocycles. The monoisotopic (exact) mass is 288 g/mol. The van der Waals surface area contributed by atoms with Crippen molar-refractivity contribution >= 4 is 35.0 Å². The molecule has 0 atom stereocenters. The number of hydrogen-bond acceptors (Lipinski definition) is 1. The van der Waals surface area contributed by atoms with Gasteiger partial charge in [-0.25, -0.2) is 0 Å². The fraction of sp³-hybridized carbons (Fsp3) is 0.182. The van der Waals surface area contributed by atoms with Crippen molar-refractivity contribution in [2.45, 2.75) is 13.8 Å². The Hall–Kier alpha value is -0.580. The molecule has 0 saturated heterocycles. The van der Waals surface area contributed by atoms with Gasteiger partial charge < -0.3 is 0 Å². The number of fused-ring (bicyclic) bond motifs is 1. The number of aryl methyl sites for hydroxylation is 1. The molecule has 2 rings (SSSR count). The maximum absolute atomic E-state index is 11.4. The number of rotatable bonds is 1. The molecule has 0 aliphatic rings. The van der Waals surface area contributed by atoms with E-state index < -0.39 is 0 Å². The summed E-state index contributed by atoms with van der Waals surface area (Å²) in [6.07, 6.45) is 0. The summed E-state index contributed by atoms with van der Waals surface area (Å²) >= 11 is -0.235. The average Bonchev–Trinajstić information content (AvgIpc) is 2.39. The summed E-state index contributed by atoms with van der Waals surface area (Å²) in [5, 5.41) is 1.19. The molecule has 0 unspecified atom stereocenters. The fourth-order valence-corrected chi connectivity index (χ4v) is 4.78. The molecule has 0 radical (unpaired) electrons. The molecule has 66 valence electrons. The Morgan fingerprint density at radius 3 is 2.69 bits per heavy atom. The van der Waals surface area contributed by atoms with E-state index in [2.05, 4.69) is 25.1 Å². The molecule has 1 aromatic carbocycles. The van der Waals surface area contributed by atoms with E-state index in [1.54, 1.807) is 6.92 Å². The Kier molecular flexibility index (Phi) is 2.27. The molecule has 2 aromatic rings. The van der Waals surface area contributed by atoms with Crippen LogP contribution in [-0.4, -0.2) is 26.2 Å². The predicted octanol–water partition coefficient (Wildman–Crippen LogP) is 2.41. The second kappa shape index (κ2) is 3.29. The van der Waals surface area contributed by atoms with Crippen LogP contribution in [0.2, 0.25) is 0 Å². The summed E-state index contributed by atoms with van der Waals surface area (Å²) in [6.45, 7) is 3.76. The van der Waals surface area contributed by atoms with Gasteiger partial charge in [-0.3, -0.25) is 0 Å². The third-order valence-corrected chi connectivity index (χ3v) is 5.22. The maximum atomic E-state index is 11.4. The van der Waals surface area contributed by atoms with Crippen LogP contribution in [0.15, 0.2) is 24.3 Å². The molecule has 0 saturated carbocycles. The van der Waals surface area contributed by atoms with Crippen LogP contribution >= 0.6 is 0 Å². The standard InChI is InChI=1S/C11H10OTe/c1-7(12)11-8(2)13-10-6-4-3-5-9(10)11/h3-6H,1-2H3. The van der Waals surface area contributed by atoms with Crippen molar-refractivity contribution in [2.24, 2.45) is 0 Å². The van der Waals surface area contributed by atoms with Crippen molar-refractivity contribution in [3.05, 3.63) is 33.4 Å². The van der Waals surface area contributed by atoms with E-state index in [1.165, 1.54) is 12.4 Å². The first-order chi connectivity index (χ1) is 6.20. The molecule has 0 amide bonds. The Morgan fingerprint density at radius 1 is 1.31 bits per heavy atom. The van der Waals surface area contributed by atoms with Crippen molar-refractivity contribution < 1.29 is 4.79 Å². The topological polar surface area (TPSA) is 17.1 Å². The second-order valence-electron chi connectivity index (χ2n) is 3.09. The predicted molar refractivity (Wildman–Crippen MR) is 55.6 cm³/mol. The normalized spacial score (nSPS) is 10.6. The summed E-state index contributed by atoms with van der Waals surface area (Å²) in [5.74, 6) is 0.215. The van der Waals surface area contributed by atoms with Crippen molar-refractivity contribution in [3.8, 4) is 0 Å². The third-order valence-electron chi connectivity index (χ3n) is 2.12. The molecule has 2 heteroatoms. The van der Waals surface area contributed by atoms with Crippen molar-refractivity contribution in [2.75, 3.05) is 0 Å². The SMILES string of the molecule is CC(=O)c1c(C)[te]c2ccccc12. The molecule has 13 heavy (non-hydrogen) atoms. The molecule has 0 N–H and O–H groups in total. The quantitative estimate of drug-likeness (QED) is 0.581. The number of ketones is 1. The van der Waals surface area contributed by atoms with Gasteiger partial charge >= 0.3 is 87.1 Å². The van der Waals surface area contributed by atoms with Crippen molar-refractivity contribution in [1.29, 1.82) is 0 Å². The van der Waals surface area contributed by atoms with Crippen LogP contribution in [0.4, 0.5) is 0 Å². The van der Waals surface area contributed by atoms with Crippen molar-refractivity contribution in [3.63, 3.8) is 0 Å². The zero-order chi connectivity index (χ0) is 9.42. The summed E-state index contributed by atoms with van der Waals surface area (Å²) in [5.41, 5.74) is 0.984. The zero-order valence-corrected chi connectivity index (χ0v) is 9.96. The number of benzene rings is 1. The molecule has 1 heterocycles. The summed E-state index contributed by atoms with van der Waals surface area (Å²) in [6, 6.07) is 8.28. The molecule has 0 spiro atoms. The second-order valence-corrected chi connectivity index (χ2v) is 6.67. The van der Waals surface area contributed by atoms with Gasteiger partial charge in [0.2, 0.25) is 0 Å². The van der Waals surface area contributed by atoms with E-state index in [0.717, 1.165) is 5.56 Å². The van der Waals surface area contributed by atoms with Gasteiger partial charge in [0.1, 0.15) is 0 Å². The van der Waals surface area contributed by atoms with Crippen LogP contribution in [0.25, 0.3) is 8.79 Å². The molecule has 1 aromatic heterocycles. The molecular weight excluding hydrogens is 276 g/mol. The first-order valence-electron chi connectivity index (χ1n) is 4.19. The molecule has 1 nitrogen and oxygen atoms in total. The van der Waals surface area contributed by atoms with Gasteiger partial charge in [-0.2, -0.15) is 0 Å². The van der Waals surface area contributed by atoms with Gasteiger partial charge in [0.25, 0.3) is 0 Å². The number of carbonyl (C=O) groups excluding carboxylic acids is 1. The van der Waals surface area contributed by atoms with E-state index in [0.29, 0.717) is 0 Å². The van der Waals surface area contributed by atoms with Crippen molar-refractivity contribution in [1.82, 2.24) is 0 Å². The van der Waals surface area contributed by atoms with Crippen LogP contribution in [0.5, 0.6) is 0 Å². The fourth-order valence-electron chi connectivity index (χ4n) is 1.61. The van der Waals surface area contributed by atoms with Crippen LogP contribution in [0.3, 0.4) is 0 Å². The van der Waals surface area contributed by atoms with E-state index >= 15 is 0 Å². The Balaban J connectivity index is 2.86. The van der Waals surface area contributed by atoms with Gasteiger partial charge in [0.05, 0.1) is 0 Å². The van der Waals surface area contributed by atoms with Gasteiger partial charge in [-0.15, -0.1) is 0 Å². The van der Waals surface area contributed by atoms with Gasteiger partial charge in [0.15, 0.2) is 0 Å². The van der Waals surface area contributed by atoms with Gasteiger partial charge in [-0.1, -0.05) is 0 Å². The Morgan fingerprint density at radius 2 is 2.00 bits per heavy atom. The molecular formula is C11H10OTe. The van der Waals surface area contributed by atoms with E-state index in [9.17, 15) is 4.79 Å². The minimum absolute atomic E-state index is 0.215. The molecule has 0 bridgehead atoms. The average molecular weight is 286 g/mol. The van der Waals surface area contributed by atoms with Crippen LogP contribution in [0, 0.1) is 6.92 Å². The first-order valence-corrected chi connectivity index (χ1v) is 6.52. The summed E-state index contributed by atoms with van der Waals surface area (Å²) in [7, 11) is 0. The Labute approximate surface area is 87.0 Å². The molecule has 0 aliphatic heterocycles. The van der Waals surface area contributed by atoms with E-state index in [-0.39, 0.29) is 26.2 Å². The molecule has 0 fully saturated rings. The number of hydrogen-bond donors (Lipinski definition) is 0. The van der Waals surface area contributed by atoms with Gasteiger partial charge in [0, 0.05) is 0 Å². The van der Waals surface area contributed by atoms with Crippen LogP contribution in [-0.2, 0) is 0 Å². The number of carbonyl (C=O) groups is 1. The third kappa shape index (κ3) is 1.45. The minimum atomic E-state index is -0.235. The van der Waals surface area contributed by atoms with Crippen LogP contribution < -0.4 is 0 Å². The zero-order valence-electron chi connectivity index (χ0n) is 7.63. The summed E-state index contributed by atoms with van der Waals surface area (Å²) in [4.78, 5) is 11.4.